The van der Waals surface area contributed by atoms with Crippen LogP contribution in [-0.2, 0) is 18.3 Å². The highest BCUT2D eigenvalue weighted by Crippen LogP contribution is 2.44. The van der Waals surface area contributed by atoms with Gasteiger partial charge in [0, 0.05) is 73.7 Å². The Hall–Kier alpha value is -4.54. The number of nitrogens with zero attached hydrogens (tertiary/aromatic N) is 8. The number of nitrogens with one attached hydrogen (secondary N) is 1. The first-order valence-electron chi connectivity index (χ1n) is 14.4. The van der Waals surface area contributed by atoms with Gasteiger partial charge in [-0.2, -0.15) is 23.5 Å². The Morgan fingerprint density at radius 1 is 1.18 bits per heavy atom. The van der Waals surface area contributed by atoms with Gasteiger partial charge in [0.2, 0.25) is 0 Å². The first kappa shape index (κ1) is 29.5. The van der Waals surface area contributed by atoms with Crippen LogP contribution < -0.4 is 0 Å². The van der Waals surface area contributed by atoms with Crippen LogP contribution in [0.5, 0.6) is 0 Å². The lowest BCUT2D eigenvalue weighted by molar-refractivity contribution is -0.137. The zero-order valence-corrected chi connectivity index (χ0v) is 24.4. The van der Waals surface area contributed by atoms with Crippen LogP contribution in [0, 0.1) is 11.3 Å². The number of alkyl halides is 3. The Morgan fingerprint density at radius 3 is 2.66 bits per heavy atom. The SMILES string of the molecule is CN(C)Cc1cc(C(=O)N2CCN(C3CC(C=CC#N)(n4cc(-c5ncnc6[nH]ccc56)cn4)C3)CC2)cc(C(F)(F)F)c1. The van der Waals surface area contributed by atoms with E-state index in [1.54, 1.807) is 36.2 Å². The Kier molecular flexibility index (Phi) is 7.73. The van der Waals surface area contributed by atoms with Crippen LogP contribution in [0.1, 0.15) is 34.3 Å². The number of aromatic amines is 1. The third-order valence-corrected chi connectivity index (χ3v) is 8.50. The fourth-order valence-electron chi connectivity index (χ4n) is 6.31. The predicted octanol–water partition coefficient (Wildman–Crippen LogP) is 4.30. The first-order valence-corrected chi connectivity index (χ1v) is 14.4. The summed E-state index contributed by atoms with van der Waals surface area (Å²) in [6.07, 6.45) is 7.34. The number of piperazine rings is 1. The lowest BCUT2D eigenvalue weighted by Crippen LogP contribution is -2.60. The van der Waals surface area contributed by atoms with Gasteiger partial charge in [0.1, 0.15) is 12.0 Å². The fraction of sp³-hybridized carbons (Fsp3) is 0.387. The Bertz CT molecular complexity index is 1740. The zero-order chi connectivity index (χ0) is 31.1. The maximum Gasteiger partial charge on any atom is 0.416 e. The Balaban J connectivity index is 1.13. The number of carbonyl (C=O) groups excluding carboxylic acids is 1. The molecule has 2 fully saturated rings. The number of carbonyl (C=O) groups is 1. The normalized spacial score (nSPS) is 21.2. The molecular weight excluding hydrogens is 571 g/mol. The maximum absolute atomic E-state index is 13.6. The summed E-state index contributed by atoms with van der Waals surface area (Å²) < 4.78 is 42.7. The Morgan fingerprint density at radius 2 is 1.95 bits per heavy atom. The minimum Gasteiger partial charge on any atom is -0.346 e. The van der Waals surface area contributed by atoms with Gasteiger partial charge < -0.3 is 14.8 Å². The second kappa shape index (κ2) is 11.5. The monoisotopic (exact) mass is 603 g/mol. The molecule has 4 heterocycles. The van der Waals surface area contributed by atoms with Crippen molar-refractivity contribution >= 4 is 16.9 Å². The van der Waals surface area contributed by atoms with Crippen molar-refractivity contribution in [3.05, 3.63) is 78.0 Å². The predicted molar refractivity (Wildman–Crippen MR) is 157 cm³/mol. The fourth-order valence-corrected chi connectivity index (χ4v) is 6.31. The first-order chi connectivity index (χ1) is 21.1. The molecule has 10 nitrogen and oxygen atoms in total. The third kappa shape index (κ3) is 5.70. The molecule has 2 aliphatic rings. The summed E-state index contributed by atoms with van der Waals surface area (Å²) >= 11 is 0. The van der Waals surface area contributed by atoms with Gasteiger partial charge >= 0.3 is 6.18 Å². The number of nitriles is 1. The summed E-state index contributed by atoms with van der Waals surface area (Å²) in [6.45, 7) is 2.35. The van der Waals surface area contributed by atoms with Gasteiger partial charge in [0.15, 0.2) is 0 Å². The van der Waals surface area contributed by atoms with Crippen molar-refractivity contribution in [2.45, 2.75) is 37.1 Å². The van der Waals surface area contributed by atoms with Gasteiger partial charge in [-0.1, -0.05) is 0 Å². The quantitative estimate of drug-likeness (QED) is 0.314. The highest BCUT2D eigenvalue weighted by atomic mass is 19.4. The summed E-state index contributed by atoms with van der Waals surface area (Å²) in [5, 5.41) is 14.8. The number of fused-ring (bicyclic) bond motifs is 1. The number of H-pyrrole nitrogens is 1. The number of hydrogen-bond acceptors (Lipinski definition) is 7. The van der Waals surface area contributed by atoms with E-state index in [4.69, 9.17) is 0 Å². The largest absolute Gasteiger partial charge is 0.416 e. The van der Waals surface area contributed by atoms with E-state index in [9.17, 15) is 23.2 Å². The van der Waals surface area contributed by atoms with Crippen molar-refractivity contribution in [2.75, 3.05) is 40.3 Å². The van der Waals surface area contributed by atoms with Gasteiger partial charge in [0.05, 0.1) is 29.1 Å². The van der Waals surface area contributed by atoms with Crippen LogP contribution in [0.15, 0.2) is 61.3 Å². The molecule has 1 aromatic carbocycles. The van der Waals surface area contributed by atoms with Crippen molar-refractivity contribution in [3.8, 4) is 17.3 Å². The molecule has 1 amide bonds. The molecule has 0 radical (unpaired) electrons. The molecule has 1 saturated heterocycles. The molecule has 228 valence electrons. The highest BCUT2D eigenvalue weighted by Gasteiger charge is 2.47. The minimum absolute atomic E-state index is 0.0597. The number of rotatable bonds is 7. The maximum atomic E-state index is 13.6. The van der Waals surface area contributed by atoms with Crippen molar-refractivity contribution in [1.82, 2.24) is 39.4 Å². The highest BCUT2D eigenvalue weighted by molar-refractivity contribution is 5.95. The van der Waals surface area contributed by atoms with Gasteiger partial charge in [0.25, 0.3) is 5.91 Å². The van der Waals surface area contributed by atoms with E-state index in [1.165, 1.54) is 12.4 Å². The van der Waals surface area contributed by atoms with Crippen LogP contribution in [0.25, 0.3) is 22.3 Å². The van der Waals surface area contributed by atoms with Crippen LogP contribution in [0.2, 0.25) is 0 Å². The van der Waals surface area contributed by atoms with Crippen LogP contribution in [0.4, 0.5) is 13.2 Å². The molecule has 1 N–H and O–H groups in total. The van der Waals surface area contributed by atoms with E-state index in [-0.39, 0.29) is 17.5 Å². The van der Waals surface area contributed by atoms with Crippen molar-refractivity contribution in [2.24, 2.45) is 0 Å². The summed E-state index contributed by atoms with van der Waals surface area (Å²) in [6, 6.07) is 7.85. The molecule has 6 rings (SSSR count). The van der Waals surface area contributed by atoms with Crippen LogP contribution >= 0.6 is 0 Å². The molecule has 1 saturated carbocycles. The molecule has 0 unspecified atom stereocenters. The second-order valence-corrected chi connectivity index (χ2v) is 11.7. The minimum atomic E-state index is -4.54. The average molecular weight is 604 g/mol. The lowest BCUT2D eigenvalue weighted by Gasteiger charge is -2.52. The molecule has 0 spiro atoms. The molecular formula is C31H32F3N9O. The number of aromatic nitrogens is 5. The number of allylic oxidation sites excluding steroid dienone is 2. The standard InChI is InChI=1S/C31H32F3N9O/c1-40(2)18-21-12-22(14-24(13-21)31(32,33)34)29(44)42-10-8-41(9-11-42)25-15-30(16-25,5-3-6-35)43-19-23(17-39-43)27-26-4-7-36-28(26)38-20-37-27/h3-5,7,12-14,17,19-20,25H,8-11,15-16,18H2,1-2H3,(H,36,37,38). The third-order valence-electron chi connectivity index (χ3n) is 8.50. The summed E-state index contributed by atoms with van der Waals surface area (Å²) in [5.41, 5.74) is 1.58. The number of benzene rings is 1. The number of hydrogen-bond donors (Lipinski definition) is 1. The Labute approximate surface area is 252 Å². The van der Waals surface area contributed by atoms with Crippen LogP contribution in [-0.4, -0.2) is 91.7 Å². The van der Waals surface area contributed by atoms with Gasteiger partial charge in [-0.3, -0.25) is 14.4 Å². The molecule has 4 aromatic rings. The number of halogens is 3. The average Bonchev–Trinajstić information content (AvgIpc) is 3.66. The van der Waals surface area contributed by atoms with E-state index in [1.807, 2.05) is 29.2 Å². The topological polar surface area (TPSA) is 110 Å². The van der Waals surface area contributed by atoms with Crippen molar-refractivity contribution in [3.63, 3.8) is 0 Å². The zero-order valence-electron chi connectivity index (χ0n) is 24.4. The summed E-state index contributed by atoms with van der Waals surface area (Å²) in [7, 11) is 3.55. The van der Waals surface area contributed by atoms with Gasteiger partial charge in [-0.15, -0.1) is 0 Å². The molecule has 1 aliphatic carbocycles. The molecule has 3 aromatic heterocycles. The summed E-state index contributed by atoms with van der Waals surface area (Å²) in [4.78, 5) is 30.9. The van der Waals surface area contributed by atoms with Crippen molar-refractivity contribution in [1.29, 1.82) is 5.26 Å². The van der Waals surface area contributed by atoms with E-state index in [2.05, 4.69) is 31.0 Å². The molecule has 0 atom stereocenters. The smallest absolute Gasteiger partial charge is 0.346 e. The van der Waals surface area contributed by atoms with E-state index < -0.39 is 17.3 Å². The van der Waals surface area contributed by atoms with Crippen molar-refractivity contribution < 1.29 is 18.0 Å². The number of amides is 1. The van der Waals surface area contributed by atoms with Crippen LogP contribution in [0.3, 0.4) is 0 Å². The van der Waals surface area contributed by atoms with E-state index >= 15 is 0 Å². The van der Waals surface area contributed by atoms with Gasteiger partial charge in [-0.05, 0) is 62.8 Å². The lowest BCUT2D eigenvalue weighted by atomic mass is 9.71. The molecule has 1 aliphatic heterocycles. The van der Waals surface area contributed by atoms with Gasteiger partial charge in [-0.25, -0.2) is 9.97 Å². The molecule has 0 bridgehead atoms. The van der Waals surface area contributed by atoms with E-state index in [0.717, 1.165) is 47.3 Å². The van der Waals surface area contributed by atoms with E-state index in [0.29, 0.717) is 38.3 Å². The molecule has 44 heavy (non-hydrogen) atoms. The second-order valence-electron chi connectivity index (χ2n) is 11.7. The summed E-state index contributed by atoms with van der Waals surface area (Å²) in [5.74, 6) is -0.388. The molecule has 13 heteroatoms.